The summed E-state index contributed by atoms with van der Waals surface area (Å²) in [4.78, 5) is 25.4. The zero-order chi connectivity index (χ0) is 21.8. The zero-order valence-corrected chi connectivity index (χ0v) is 17.8. The number of piperazine rings is 1. The summed E-state index contributed by atoms with van der Waals surface area (Å²) >= 11 is 0. The van der Waals surface area contributed by atoms with Gasteiger partial charge < -0.3 is 15.5 Å². The monoisotopic (exact) mass is 417 g/mol. The smallest absolute Gasteiger partial charge is 0.269 e. The fourth-order valence-electron chi connectivity index (χ4n) is 3.75. The first kappa shape index (κ1) is 20.5. The molecule has 0 saturated carbocycles. The quantitative estimate of drug-likeness (QED) is 0.549. The summed E-state index contributed by atoms with van der Waals surface area (Å²) in [6.45, 7) is 7.65. The number of rotatable bonds is 5. The number of nitrogen functional groups attached to an aromatic ring is 1. The van der Waals surface area contributed by atoms with Crippen LogP contribution in [0.1, 0.15) is 21.5 Å². The van der Waals surface area contributed by atoms with E-state index in [1.165, 1.54) is 23.1 Å². The van der Waals surface area contributed by atoms with E-state index < -0.39 is 0 Å². The van der Waals surface area contributed by atoms with Crippen molar-refractivity contribution in [1.82, 2.24) is 15.4 Å². The molecule has 0 aliphatic carbocycles. The summed E-state index contributed by atoms with van der Waals surface area (Å²) in [5, 5.41) is 0. The third kappa shape index (κ3) is 4.37. The molecule has 1 fully saturated rings. The molecule has 0 unspecified atom stereocenters. The van der Waals surface area contributed by atoms with Gasteiger partial charge in [0.15, 0.2) is 11.6 Å². The maximum atomic E-state index is 12.3. The van der Waals surface area contributed by atoms with Gasteiger partial charge in [0.2, 0.25) is 0 Å². The van der Waals surface area contributed by atoms with Crippen LogP contribution in [0, 0.1) is 13.8 Å². The number of amides is 1. The van der Waals surface area contributed by atoms with Crippen molar-refractivity contribution in [3.63, 3.8) is 0 Å². The molecule has 1 aromatic heterocycles. The number of hydrogen-bond acceptors (Lipinski definition) is 7. The van der Waals surface area contributed by atoms with Crippen molar-refractivity contribution in [3.8, 4) is 0 Å². The highest BCUT2D eigenvalue weighted by Gasteiger charge is 2.22. The first-order valence-corrected chi connectivity index (χ1v) is 10.3. The Kier molecular flexibility index (Phi) is 5.88. The maximum Gasteiger partial charge on any atom is 0.269 e. The van der Waals surface area contributed by atoms with Crippen molar-refractivity contribution in [2.75, 3.05) is 47.1 Å². The van der Waals surface area contributed by atoms with Gasteiger partial charge in [0, 0.05) is 37.4 Å². The molecule has 160 valence electrons. The second-order valence-corrected chi connectivity index (χ2v) is 7.60. The molecular weight excluding hydrogens is 390 g/mol. The number of aromatic nitrogens is 2. The van der Waals surface area contributed by atoms with Crippen LogP contribution in [0.15, 0.2) is 54.9 Å². The molecule has 1 aliphatic rings. The molecule has 4 rings (SSSR count). The Morgan fingerprint density at radius 3 is 2.39 bits per heavy atom. The molecule has 31 heavy (non-hydrogen) atoms. The molecule has 0 spiro atoms. The van der Waals surface area contributed by atoms with Gasteiger partial charge >= 0.3 is 0 Å². The van der Waals surface area contributed by atoms with Gasteiger partial charge in [-0.2, -0.15) is 0 Å². The molecule has 4 N–H and O–H groups in total. The van der Waals surface area contributed by atoms with E-state index in [2.05, 4.69) is 62.7 Å². The van der Waals surface area contributed by atoms with Gasteiger partial charge in [-0.15, -0.1) is 0 Å². The Labute approximate surface area is 182 Å². The van der Waals surface area contributed by atoms with Gasteiger partial charge in [-0.1, -0.05) is 30.3 Å². The van der Waals surface area contributed by atoms with Crippen LogP contribution in [-0.2, 0) is 0 Å². The number of aryl methyl sites for hydroxylation is 1. The summed E-state index contributed by atoms with van der Waals surface area (Å²) in [6.07, 6.45) is 1.46. The Hall–Kier alpha value is -3.81. The average Bonchev–Trinajstić information content (AvgIpc) is 2.81. The van der Waals surface area contributed by atoms with Crippen molar-refractivity contribution in [2.24, 2.45) is 0 Å². The van der Waals surface area contributed by atoms with E-state index in [0.717, 1.165) is 26.2 Å². The van der Waals surface area contributed by atoms with Crippen LogP contribution in [-0.4, -0.2) is 42.1 Å². The molecule has 8 heteroatoms. The standard InChI is InChI=1S/C23H27N7O/c1-16-7-6-10-19(17(16)2)29-11-13-30(14-12-29)22-20(24)21(25-15-26-22)27-28-23(31)18-8-4-3-5-9-18/h3-10,15H,11-14,24H2,1-2H3,(H,28,31)(H,25,26,27). The normalized spacial score (nSPS) is 13.7. The molecule has 1 saturated heterocycles. The number of anilines is 4. The number of hydrazine groups is 1. The molecule has 0 bridgehead atoms. The number of nitrogens with two attached hydrogens (primary N) is 1. The highest BCUT2D eigenvalue weighted by molar-refractivity contribution is 5.95. The second-order valence-electron chi connectivity index (χ2n) is 7.60. The first-order valence-electron chi connectivity index (χ1n) is 10.3. The second kappa shape index (κ2) is 8.91. The Balaban J connectivity index is 1.42. The summed E-state index contributed by atoms with van der Waals surface area (Å²) in [5.41, 5.74) is 16.7. The van der Waals surface area contributed by atoms with Gasteiger partial charge in [0.1, 0.15) is 12.0 Å². The minimum absolute atomic E-state index is 0.262. The molecule has 1 amide bonds. The fourth-order valence-corrected chi connectivity index (χ4v) is 3.75. The van der Waals surface area contributed by atoms with E-state index in [-0.39, 0.29) is 5.91 Å². The fraction of sp³-hybridized carbons (Fsp3) is 0.261. The summed E-state index contributed by atoms with van der Waals surface area (Å²) in [7, 11) is 0. The lowest BCUT2D eigenvalue weighted by Crippen LogP contribution is -2.47. The zero-order valence-electron chi connectivity index (χ0n) is 17.8. The van der Waals surface area contributed by atoms with Crippen LogP contribution in [0.4, 0.5) is 23.0 Å². The van der Waals surface area contributed by atoms with Crippen LogP contribution in [0.25, 0.3) is 0 Å². The van der Waals surface area contributed by atoms with Crippen molar-refractivity contribution in [2.45, 2.75) is 13.8 Å². The van der Waals surface area contributed by atoms with Crippen LogP contribution in [0.2, 0.25) is 0 Å². The van der Waals surface area contributed by atoms with Gasteiger partial charge in [-0.05, 0) is 43.2 Å². The van der Waals surface area contributed by atoms with Crippen molar-refractivity contribution in [1.29, 1.82) is 0 Å². The Morgan fingerprint density at radius 1 is 0.935 bits per heavy atom. The average molecular weight is 418 g/mol. The van der Waals surface area contributed by atoms with Crippen molar-refractivity contribution < 1.29 is 4.79 Å². The van der Waals surface area contributed by atoms with E-state index >= 15 is 0 Å². The number of nitrogens with zero attached hydrogens (tertiary/aromatic N) is 4. The van der Waals surface area contributed by atoms with Gasteiger partial charge in [0.05, 0.1) is 0 Å². The molecule has 0 atom stereocenters. The highest BCUT2D eigenvalue weighted by Crippen LogP contribution is 2.29. The highest BCUT2D eigenvalue weighted by atomic mass is 16.2. The lowest BCUT2D eigenvalue weighted by molar-refractivity contribution is 0.0962. The lowest BCUT2D eigenvalue weighted by Gasteiger charge is -2.38. The largest absolute Gasteiger partial charge is 0.393 e. The van der Waals surface area contributed by atoms with Crippen molar-refractivity contribution >= 4 is 28.9 Å². The predicted octanol–water partition coefficient (Wildman–Crippen LogP) is 2.76. The molecular formula is C23H27N7O. The van der Waals surface area contributed by atoms with Crippen LogP contribution in [0.5, 0.6) is 0 Å². The Morgan fingerprint density at radius 2 is 1.65 bits per heavy atom. The minimum atomic E-state index is -0.262. The summed E-state index contributed by atoms with van der Waals surface area (Å²) in [5.74, 6) is 0.792. The predicted molar refractivity (Wildman–Crippen MR) is 124 cm³/mol. The lowest BCUT2D eigenvalue weighted by atomic mass is 10.1. The molecule has 8 nitrogen and oxygen atoms in total. The number of hydrogen-bond donors (Lipinski definition) is 3. The number of benzene rings is 2. The van der Waals surface area contributed by atoms with E-state index in [0.29, 0.717) is 22.9 Å². The minimum Gasteiger partial charge on any atom is -0.393 e. The summed E-state index contributed by atoms with van der Waals surface area (Å²) < 4.78 is 0. The number of nitrogens with one attached hydrogen (secondary N) is 2. The number of carbonyl (C=O) groups excluding carboxylic acids is 1. The van der Waals surface area contributed by atoms with Crippen LogP contribution < -0.4 is 26.4 Å². The molecule has 1 aliphatic heterocycles. The third-order valence-corrected chi connectivity index (χ3v) is 5.69. The molecule has 2 aromatic carbocycles. The maximum absolute atomic E-state index is 12.3. The topological polar surface area (TPSA) is 99.4 Å². The molecule has 2 heterocycles. The van der Waals surface area contributed by atoms with E-state index in [1.54, 1.807) is 12.1 Å². The Bertz CT molecular complexity index is 1060. The van der Waals surface area contributed by atoms with E-state index in [9.17, 15) is 4.79 Å². The summed E-state index contributed by atoms with van der Waals surface area (Å²) in [6, 6.07) is 15.4. The SMILES string of the molecule is Cc1cccc(N2CCN(c3ncnc(NNC(=O)c4ccccc4)c3N)CC2)c1C. The van der Waals surface area contributed by atoms with Gasteiger partial charge in [-0.3, -0.25) is 15.6 Å². The van der Waals surface area contributed by atoms with Crippen LogP contribution in [0.3, 0.4) is 0 Å². The van der Waals surface area contributed by atoms with Gasteiger partial charge in [0.25, 0.3) is 5.91 Å². The van der Waals surface area contributed by atoms with Crippen LogP contribution >= 0.6 is 0 Å². The molecule has 3 aromatic rings. The van der Waals surface area contributed by atoms with Gasteiger partial charge in [-0.25, -0.2) is 9.97 Å². The first-order chi connectivity index (χ1) is 15.0. The third-order valence-electron chi connectivity index (χ3n) is 5.69. The number of carbonyl (C=O) groups is 1. The van der Waals surface area contributed by atoms with E-state index in [4.69, 9.17) is 5.73 Å². The van der Waals surface area contributed by atoms with E-state index in [1.807, 2.05) is 18.2 Å². The van der Waals surface area contributed by atoms with Crippen molar-refractivity contribution in [3.05, 3.63) is 71.5 Å². The molecule has 0 radical (unpaired) electrons.